The second kappa shape index (κ2) is 9.53. The fraction of sp³-hybridized carbons (Fsp3) is 0.200. The molecule has 4 rings (SSSR count). The van der Waals surface area contributed by atoms with Crippen molar-refractivity contribution in [1.82, 2.24) is 20.0 Å². The lowest BCUT2D eigenvalue weighted by atomic mass is 10.1. The number of para-hydroxylation sites is 1. The summed E-state index contributed by atoms with van der Waals surface area (Å²) in [6, 6.07) is 20.9. The van der Waals surface area contributed by atoms with Crippen LogP contribution in [-0.2, 0) is 0 Å². The largest absolute Gasteiger partial charge is 0.497 e. The molecule has 0 bridgehead atoms. The number of likely N-dealkylation sites (N-methyl/N-ethyl adjacent to an activating group) is 1. The van der Waals surface area contributed by atoms with Crippen LogP contribution in [0.2, 0.25) is 0 Å². The van der Waals surface area contributed by atoms with Gasteiger partial charge < -0.3 is 14.5 Å². The third kappa shape index (κ3) is 4.58. The number of ether oxygens (including phenoxy) is 1. The third-order valence-corrected chi connectivity index (χ3v) is 5.29. The van der Waals surface area contributed by atoms with E-state index in [1.54, 1.807) is 24.3 Å². The summed E-state index contributed by atoms with van der Waals surface area (Å²) in [6.07, 6.45) is 3.40. The molecule has 0 radical (unpaired) electrons. The van der Waals surface area contributed by atoms with Crippen molar-refractivity contribution in [3.8, 4) is 22.7 Å². The van der Waals surface area contributed by atoms with Crippen LogP contribution in [-0.4, -0.2) is 48.3 Å². The molecule has 0 aliphatic carbocycles. The Morgan fingerprint density at radius 3 is 2.47 bits per heavy atom. The van der Waals surface area contributed by atoms with Crippen molar-refractivity contribution < 1.29 is 13.9 Å². The number of aromatic nitrogens is 2. The van der Waals surface area contributed by atoms with Crippen molar-refractivity contribution in [2.45, 2.75) is 6.04 Å². The summed E-state index contributed by atoms with van der Waals surface area (Å²) >= 11 is 0. The maximum absolute atomic E-state index is 13.3. The van der Waals surface area contributed by atoms with Crippen molar-refractivity contribution in [3.05, 3.63) is 90.5 Å². The highest BCUT2D eigenvalue weighted by Gasteiger charge is 2.22. The van der Waals surface area contributed by atoms with Crippen molar-refractivity contribution in [2.24, 2.45) is 0 Å². The Labute approximate surface area is 187 Å². The first kappa shape index (κ1) is 21.4. The minimum Gasteiger partial charge on any atom is -0.497 e. The van der Waals surface area contributed by atoms with Crippen LogP contribution in [0.5, 0.6) is 5.75 Å². The molecule has 7 nitrogen and oxygen atoms in total. The van der Waals surface area contributed by atoms with Gasteiger partial charge in [0.15, 0.2) is 0 Å². The van der Waals surface area contributed by atoms with Crippen molar-refractivity contribution in [1.29, 1.82) is 0 Å². The van der Waals surface area contributed by atoms with Crippen LogP contribution in [0.4, 0.5) is 0 Å². The first-order valence-corrected chi connectivity index (χ1v) is 10.3. The SMILES string of the molecule is COc1ccc(-c2nn(-c3ccccc3)cc2C(=O)NC[C@H](c2ccco2)N(C)C)cc1. The molecule has 0 spiro atoms. The van der Waals surface area contributed by atoms with Crippen LogP contribution in [0.3, 0.4) is 0 Å². The average molecular weight is 431 g/mol. The predicted octanol–water partition coefficient (Wildman–Crippen LogP) is 4.17. The molecule has 4 aromatic rings. The van der Waals surface area contributed by atoms with Gasteiger partial charge in [0.2, 0.25) is 0 Å². The van der Waals surface area contributed by atoms with E-state index in [4.69, 9.17) is 14.3 Å². The molecule has 1 atom stereocenters. The Morgan fingerprint density at radius 1 is 1.09 bits per heavy atom. The summed E-state index contributed by atoms with van der Waals surface area (Å²) in [5.41, 5.74) is 2.81. The van der Waals surface area contributed by atoms with Gasteiger partial charge >= 0.3 is 0 Å². The van der Waals surface area contributed by atoms with Crippen molar-refractivity contribution in [2.75, 3.05) is 27.7 Å². The molecule has 2 aromatic heterocycles. The maximum Gasteiger partial charge on any atom is 0.255 e. The van der Waals surface area contributed by atoms with Gasteiger partial charge in [-0.2, -0.15) is 5.10 Å². The van der Waals surface area contributed by atoms with Gasteiger partial charge in [-0.3, -0.25) is 9.69 Å². The van der Waals surface area contributed by atoms with Gasteiger partial charge in [-0.15, -0.1) is 0 Å². The summed E-state index contributed by atoms with van der Waals surface area (Å²) in [5.74, 6) is 1.34. The van der Waals surface area contributed by atoms with Crippen LogP contribution >= 0.6 is 0 Å². The standard InChI is InChI=1S/C25H26N4O3/c1-28(2)22(23-10-7-15-32-23)16-26-25(30)21-17-29(19-8-5-4-6-9-19)27-24(21)18-11-13-20(31-3)14-12-18/h4-15,17,22H,16H2,1-3H3,(H,26,30)/t22-/m1/s1. The Balaban J connectivity index is 1.64. The minimum absolute atomic E-state index is 0.0810. The van der Waals surface area contributed by atoms with E-state index in [2.05, 4.69) is 5.32 Å². The predicted molar refractivity (Wildman–Crippen MR) is 123 cm³/mol. The molecule has 164 valence electrons. The molecule has 2 aromatic carbocycles. The quantitative estimate of drug-likeness (QED) is 0.454. The van der Waals surface area contributed by atoms with Crippen molar-refractivity contribution in [3.63, 3.8) is 0 Å². The van der Waals surface area contributed by atoms with Gasteiger partial charge in [-0.05, 0) is 62.6 Å². The topological polar surface area (TPSA) is 72.5 Å². The number of nitrogens with one attached hydrogen (secondary N) is 1. The van der Waals surface area contributed by atoms with Crippen LogP contribution in [0.25, 0.3) is 16.9 Å². The minimum atomic E-state index is -0.198. The van der Waals surface area contributed by atoms with Gasteiger partial charge in [0.05, 0.1) is 30.7 Å². The zero-order chi connectivity index (χ0) is 22.5. The average Bonchev–Trinajstić information content (AvgIpc) is 3.50. The number of hydrogen-bond acceptors (Lipinski definition) is 5. The lowest BCUT2D eigenvalue weighted by Crippen LogP contribution is -2.34. The van der Waals surface area contributed by atoms with Gasteiger partial charge in [0.1, 0.15) is 17.2 Å². The van der Waals surface area contributed by atoms with Crippen molar-refractivity contribution >= 4 is 5.91 Å². The number of methoxy groups -OCH3 is 1. The van der Waals surface area contributed by atoms with E-state index in [-0.39, 0.29) is 11.9 Å². The van der Waals surface area contributed by atoms with Crippen LogP contribution < -0.4 is 10.1 Å². The summed E-state index contributed by atoms with van der Waals surface area (Å²) in [6.45, 7) is 0.401. The van der Waals surface area contributed by atoms with Gasteiger partial charge in [-0.25, -0.2) is 4.68 Å². The number of rotatable bonds is 8. The molecular weight excluding hydrogens is 404 g/mol. The summed E-state index contributed by atoms with van der Waals surface area (Å²) in [4.78, 5) is 15.3. The second-order valence-electron chi connectivity index (χ2n) is 7.60. The molecule has 0 fully saturated rings. The molecule has 0 aliphatic heterocycles. The van der Waals surface area contributed by atoms with Gasteiger partial charge in [-0.1, -0.05) is 18.2 Å². The Morgan fingerprint density at radius 2 is 1.84 bits per heavy atom. The number of benzene rings is 2. The van der Waals surface area contributed by atoms with E-state index in [1.807, 2.05) is 85.7 Å². The number of carbonyl (C=O) groups is 1. The molecule has 2 heterocycles. The molecule has 0 saturated carbocycles. The molecular formula is C25H26N4O3. The molecule has 0 unspecified atom stereocenters. The summed E-state index contributed by atoms with van der Waals surface area (Å²) in [5, 5.41) is 7.77. The fourth-order valence-corrected chi connectivity index (χ4v) is 3.52. The first-order chi connectivity index (χ1) is 15.6. The number of hydrogen-bond donors (Lipinski definition) is 1. The smallest absolute Gasteiger partial charge is 0.255 e. The number of carbonyl (C=O) groups excluding carboxylic acids is 1. The highest BCUT2D eigenvalue weighted by Crippen LogP contribution is 2.26. The Bertz CT molecular complexity index is 1150. The lowest BCUT2D eigenvalue weighted by molar-refractivity contribution is 0.0939. The maximum atomic E-state index is 13.3. The van der Waals surface area contributed by atoms with E-state index in [1.165, 1.54) is 0 Å². The molecule has 1 N–H and O–H groups in total. The zero-order valence-corrected chi connectivity index (χ0v) is 18.4. The highest BCUT2D eigenvalue weighted by molar-refractivity contribution is 6.00. The number of nitrogens with zero attached hydrogens (tertiary/aromatic N) is 3. The summed E-state index contributed by atoms with van der Waals surface area (Å²) in [7, 11) is 5.53. The van der Waals surface area contributed by atoms with Crippen LogP contribution in [0, 0.1) is 0 Å². The Kier molecular flexibility index (Phi) is 6.37. The van der Waals surface area contributed by atoms with Crippen LogP contribution in [0.15, 0.2) is 83.6 Å². The van der Waals surface area contributed by atoms with E-state index in [9.17, 15) is 4.79 Å². The third-order valence-electron chi connectivity index (χ3n) is 5.29. The van der Waals surface area contributed by atoms with E-state index >= 15 is 0 Å². The number of amides is 1. The number of furan rings is 1. The first-order valence-electron chi connectivity index (χ1n) is 10.3. The van der Waals surface area contributed by atoms with E-state index in [0.717, 1.165) is 22.8 Å². The van der Waals surface area contributed by atoms with Gasteiger partial charge in [0.25, 0.3) is 5.91 Å². The van der Waals surface area contributed by atoms with E-state index < -0.39 is 0 Å². The van der Waals surface area contributed by atoms with Crippen LogP contribution in [0.1, 0.15) is 22.2 Å². The molecule has 7 heteroatoms. The van der Waals surface area contributed by atoms with Gasteiger partial charge in [0, 0.05) is 18.3 Å². The monoisotopic (exact) mass is 430 g/mol. The zero-order valence-electron chi connectivity index (χ0n) is 18.4. The normalized spacial score (nSPS) is 12.0. The molecule has 32 heavy (non-hydrogen) atoms. The highest BCUT2D eigenvalue weighted by atomic mass is 16.5. The molecule has 0 saturated heterocycles. The molecule has 0 aliphatic rings. The summed E-state index contributed by atoms with van der Waals surface area (Å²) < 4.78 is 12.5. The molecule has 1 amide bonds. The lowest BCUT2D eigenvalue weighted by Gasteiger charge is -2.22. The second-order valence-corrected chi connectivity index (χ2v) is 7.60. The van der Waals surface area contributed by atoms with E-state index in [0.29, 0.717) is 17.8 Å². The fourth-order valence-electron chi connectivity index (χ4n) is 3.52. The Hall–Kier alpha value is -3.84.